The SMILES string of the molecule is C#Cc1cccc(CCC/C=C\c2cc(CC#N)ccc2O)c1. The Morgan fingerprint density at radius 1 is 1.13 bits per heavy atom. The Morgan fingerprint density at radius 3 is 2.78 bits per heavy atom. The fourth-order valence-electron chi connectivity index (χ4n) is 2.39. The van der Waals surface area contributed by atoms with Crippen LogP contribution in [0.5, 0.6) is 5.75 Å². The number of allylic oxidation sites excluding steroid dienone is 1. The number of hydrogen-bond acceptors (Lipinski definition) is 2. The first-order valence-electron chi connectivity index (χ1n) is 7.64. The molecule has 0 amide bonds. The number of aromatic hydroxyl groups is 1. The highest BCUT2D eigenvalue weighted by molar-refractivity contribution is 5.58. The lowest BCUT2D eigenvalue weighted by molar-refractivity contribution is 0.474. The number of phenolic OH excluding ortho intramolecular Hbond substituents is 1. The van der Waals surface area contributed by atoms with Gasteiger partial charge in [0.05, 0.1) is 12.5 Å². The zero-order chi connectivity index (χ0) is 16.5. The van der Waals surface area contributed by atoms with Gasteiger partial charge in [-0.2, -0.15) is 5.26 Å². The highest BCUT2D eigenvalue weighted by Crippen LogP contribution is 2.20. The largest absolute Gasteiger partial charge is 0.507 e. The molecule has 1 N–H and O–H groups in total. The van der Waals surface area contributed by atoms with Gasteiger partial charge in [0.25, 0.3) is 0 Å². The van der Waals surface area contributed by atoms with Crippen LogP contribution in [0.15, 0.2) is 48.5 Å². The van der Waals surface area contributed by atoms with Crippen molar-refractivity contribution in [2.45, 2.75) is 25.7 Å². The van der Waals surface area contributed by atoms with E-state index in [2.05, 4.69) is 24.1 Å². The molecule has 0 bridgehead atoms. The highest BCUT2D eigenvalue weighted by atomic mass is 16.3. The van der Waals surface area contributed by atoms with Gasteiger partial charge in [-0.15, -0.1) is 6.42 Å². The predicted octanol–water partition coefficient (Wildman–Crippen LogP) is 4.48. The molecule has 0 fully saturated rings. The van der Waals surface area contributed by atoms with Crippen molar-refractivity contribution in [3.8, 4) is 24.2 Å². The van der Waals surface area contributed by atoms with Crippen LogP contribution in [0.2, 0.25) is 0 Å². The number of unbranched alkanes of at least 4 members (excludes halogenated alkanes) is 1. The number of hydrogen-bond donors (Lipinski definition) is 1. The fourth-order valence-corrected chi connectivity index (χ4v) is 2.39. The lowest BCUT2D eigenvalue weighted by atomic mass is 10.0. The van der Waals surface area contributed by atoms with Crippen LogP contribution in [0.1, 0.15) is 35.1 Å². The Morgan fingerprint density at radius 2 is 2.00 bits per heavy atom. The number of phenols is 1. The number of benzene rings is 2. The van der Waals surface area contributed by atoms with Crippen LogP contribution in [0.4, 0.5) is 0 Å². The van der Waals surface area contributed by atoms with Crippen LogP contribution in [0.25, 0.3) is 6.08 Å². The quantitative estimate of drug-likeness (QED) is 0.631. The summed E-state index contributed by atoms with van der Waals surface area (Å²) in [5.74, 6) is 2.89. The lowest BCUT2D eigenvalue weighted by Crippen LogP contribution is -1.86. The molecule has 2 rings (SSSR count). The summed E-state index contributed by atoms with van der Waals surface area (Å²) in [5.41, 5.74) is 3.83. The van der Waals surface area contributed by atoms with Crippen LogP contribution < -0.4 is 0 Å². The number of rotatable bonds is 6. The molecule has 2 heteroatoms. The summed E-state index contributed by atoms with van der Waals surface area (Å²) in [6.07, 6.45) is 12.6. The van der Waals surface area contributed by atoms with Gasteiger partial charge in [0, 0.05) is 11.1 Å². The molecular weight excluding hydrogens is 282 g/mol. The Labute approximate surface area is 137 Å². The number of aryl methyl sites for hydroxylation is 1. The van der Waals surface area contributed by atoms with E-state index in [0.29, 0.717) is 6.42 Å². The van der Waals surface area contributed by atoms with E-state index in [4.69, 9.17) is 11.7 Å². The molecule has 0 saturated heterocycles. The topological polar surface area (TPSA) is 44.0 Å². The van der Waals surface area contributed by atoms with Gasteiger partial charge in [-0.05, 0) is 54.7 Å². The maximum Gasteiger partial charge on any atom is 0.122 e. The molecule has 0 atom stereocenters. The molecule has 0 aromatic heterocycles. The van der Waals surface area contributed by atoms with Crippen molar-refractivity contribution < 1.29 is 5.11 Å². The minimum atomic E-state index is 0.240. The maximum atomic E-state index is 9.84. The molecule has 0 heterocycles. The van der Waals surface area contributed by atoms with E-state index in [1.54, 1.807) is 12.1 Å². The van der Waals surface area contributed by atoms with Crippen LogP contribution in [-0.2, 0) is 12.8 Å². The standard InChI is InChI=1S/C21H19NO/c1-2-17-8-6-9-18(15-17)7-4-3-5-10-20-16-19(13-14-22)11-12-21(20)23/h1,5-6,8-12,15-16,23H,3-4,7,13H2/b10-5-. The first kappa shape index (κ1) is 16.4. The zero-order valence-corrected chi connectivity index (χ0v) is 13.0. The molecule has 2 aromatic carbocycles. The summed E-state index contributed by atoms with van der Waals surface area (Å²) < 4.78 is 0. The Bertz CT molecular complexity index is 775. The molecule has 114 valence electrons. The molecule has 2 aromatic rings. The van der Waals surface area contributed by atoms with Crippen molar-refractivity contribution in [1.82, 2.24) is 0 Å². The summed E-state index contributed by atoms with van der Waals surface area (Å²) in [5, 5.41) is 18.6. The third kappa shape index (κ3) is 5.06. The van der Waals surface area contributed by atoms with Gasteiger partial charge in [0.2, 0.25) is 0 Å². The van der Waals surface area contributed by atoms with Crippen LogP contribution in [0.3, 0.4) is 0 Å². The minimum Gasteiger partial charge on any atom is -0.507 e. The average Bonchev–Trinajstić information content (AvgIpc) is 2.57. The number of terminal acetylenes is 1. The molecule has 0 spiro atoms. The van der Waals surface area contributed by atoms with E-state index in [9.17, 15) is 5.11 Å². The first-order chi connectivity index (χ1) is 11.2. The molecule has 2 nitrogen and oxygen atoms in total. The van der Waals surface area contributed by atoms with Gasteiger partial charge in [-0.3, -0.25) is 0 Å². The lowest BCUT2D eigenvalue weighted by Gasteiger charge is -2.02. The molecule has 0 aliphatic carbocycles. The summed E-state index contributed by atoms with van der Waals surface area (Å²) in [6, 6.07) is 15.4. The number of nitrogens with zero attached hydrogens (tertiary/aromatic N) is 1. The van der Waals surface area contributed by atoms with Crippen molar-refractivity contribution in [3.63, 3.8) is 0 Å². The highest BCUT2D eigenvalue weighted by Gasteiger charge is 1.99. The molecule has 0 aliphatic rings. The van der Waals surface area contributed by atoms with Crippen molar-refractivity contribution in [2.24, 2.45) is 0 Å². The van der Waals surface area contributed by atoms with Gasteiger partial charge in [-0.25, -0.2) is 0 Å². The van der Waals surface area contributed by atoms with Crippen molar-refractivity contribution in [3.05, 3.63) is 70.8 Å². The van der Waals surface area contributed by atoms with Crippen LogP contribution in [-0.4, -0.2) is 5.11 Å². The number of nitriles is 1. The van der Waals surface area contributed by atoms with Crippen LogP contribution in [0, 0.1) is 23.7 Å². The van der Waals surface area contributed by atoms with Crippen molar-refractivity contribution in [2.75, 3.05) is 0 Å². The molecule has 23 heavy (non-hydrogen) atoms. The predicted molar refractivity (Wildman–Crippen MR) is 93.8 cm³/mol. The summed E-state index contributed by atoms with van der Waals surface area (Å²) in [4.78, 5) is 0. The third-order valence-electron chi connectivity index (χ3n) is 3.60. The van der Waals surface area contributed by atoms with E-state index < -0.39 is 0 Å². The van der Waals surface area contributed by atoms with Gasteiger partial charge in [0.15, 0.2) is 0 Å². The second kappa shape index (κ2) is 8.47. The smallest absolute Gasteiger partial charge is 0.122 e. The Hall–Kier alpha value is -2.97. The molecule has 0 saturated carbocycles. The third-order valence-corrected chi connectivity index (χ3v) is 3.60. The molecule has 0 unspecified atom stereocenters. The van der Waals surface area contributed by atoms with E-state index in [1.807, 2.05) is 30.3 Å². The summed E-state index contributed by atoms with van der Waals surface area (Å²) >= 11 is 0. The van der Waals surface area contributed by atoms with Gasteiger partial charge in [-0.1, -0.05) is 36.3 Å². The van der Waals surface area contributed by atoms with E-state index in [-0.39, 0.29) is 5.75 Å². The van der Waals surface area contributed by atoms with Crippen molar-refractivity contribution in [1.29, 1.82) is 5.26 Å². The summed E-state index contributed by atoms with van der Waals surface area (Å²) in [7, 11) is 0. The normalized spacial score (nSPS) is 10.3. The van der Waals surface area contributed by atoms with Crippen molar-refractivity contribution >= 4 is 6.08 Å². The second-order valence-corrected chi connectivity index (χ2v) is 5.37. The van der Waals surface area contributed by atoms with Crippen LogP contribution >= 0.6 is 0 Å². The zero-order valence-electron chi connectivity index (χ0n) is 13.0. The van der Waals surface area contributed by atoms with Gasteiger partial charge < -0.3 is 5.11 Å². The Kier molecular flexibility index (Phi) is 6.04. The van der Waals surface area contributed by atoms with Gasteiger partial charge in [0.1, 0.15) is 5.75 Å². The average molecular weight is 301 g/mol. The molecule has 0 aliphatic heterocycles. The fraction of sp³-hybridized carbons (Fsp3) is 0.190. The monoisotopic (exact) mass is 301 g/mol. The maximum absolute atomic E-state index is 9.84. The first-order valence-corrected chi connectivity index (χ1v) is 7.64. The minimum absolute atomic E-state index is 0.240. The van der Waals surface area contributed by atoms with E-state index in [1.165, 1.54) is 5.56 Å². The van der Waals surface area contributed by atoms with E-state index >= 15 is 0 Å². The second-order valence-electron chi connectivity index (χ2n) is 5.37. The summed E-state index contributed by atoms with van der Waals surface area (Å²) in [6.45, 7) is 0. The Balaban J connectivity index is 1.88. The molecule has 0 radical (unpaired) electrons. The van der Waals surface area contributed by atoms with Gasteiger partial charge >= 0.3 is 0 Å². The van der Waals surface area contributed by atoms with E-state index in [0.717, 1.165) is 36.0 Å². The molecular formula is C21H19NO.